The van der Waals surface area contributed by atoms with Crippen LogP contribution in [0.25, 0.3) is 21.8 Å². The van der Waals surface area contributed by atoms with Crippen molar-refractivity contribution in [3.63, 3.8) is 0 Å². The van der Waals surface area contributed by atoms with E-state index in [0.717, 1.165) is 41.5 Å². The van der Waals surface area contributed by atoms with Gasteiger partial charge in [0.15, 0.2) is 0 Å². The van der Waals surface area contributed by atoms with Gasteiger partial charge in [-0.2, -0.15) is 0 Å². The summed E-state index contributed by atoms with van der Waals surface area (Å²) in [6.45, 7) is 7.52. The Kier molecular flexibility index (Phi) is 6.78. The number of aromatic nitrogens is 2. The standard InChI is InChI=1S/C27H29N3S/c1-4-20(3)26-25(22-12-8-9-19(2)17-22)30-27(31-26)23-14-16-29-24(18-23)28-15-13-21-10-6-5-7-11-21/h5-12,14,16-18,20H,4,13,15H2,1-3H3,(H,28,29). The van der Waals surface area contributed by atoms with E-state index in [1.54, 1.807) is 0 Å². The molecule has 158 valence electrons. The maximum Gasteiger partial charge on any atom is 0.126 e. The van der Waals surface area contributed by atoms with Crippen LogP contribution in [0.15, 0.2) is 72.9 Å². The summed E-state index contributed by atoms with van der Waals surface area (Å²) in [7, 11) is 0. The number of hydrogen-bond donors (Lipinski definition) is 1. The van der Waals surface area contributed by atoms with Crippen molar-refractivity contribution in [1.29, 1.82) is 0 Å². The van der Waals surface area contributed by atoms with E-state index in [1.165, 1.54) is 21.6 Å². The van der Waals surface area contributed by atoms with Crippen LogP contribution in [-0.2, 0) is 6.42 Å². The zero-order valence-corrected chi connectivity index (χ0v) is 19.2. The lowest BCUT2D eigenvalue weighted by Gasteiger charge is -2.08. The lowest BCUT2D eigenvalue weighted by Crippen LogP contribution is -2.06. The molecule has 2 aromatic carbocycles. The predicted octanol–water partition coefficient (Wildman–Crippen LogP) is 7.35. The van der Waals surface area contributed by atoms with E-state index in [9.17, 15) is 0 Å². The Balaban J connectivity index is 1.58. The third-order valence-electron chi connectivity index (χ3n) is 5.57. The molecule has 0 bridgehead atoms. The number of hydrogen-bond acceptors (Lipinski definition) is 4. The first-order valence-corrected chi connectivity index (χ1v) is 11.8. The molecule has 2 heterocycles. The number of thiazole rings is 1. The zero-order valence-electron chi connectivity index (χ0n) is 18.4. The van der Waals surface area contributed by atoms with Crippen molar-refractivity contribution in [2.75, 3.05) is 11.9 Å². The van der Waals surface area contributed by atoms with Gasteiger partial charge < -0.3 is 5.32 Å². The molecule has 0 aliphatic rings. The number of nitrogens with one attached hydrogen (secondary N) is 1. The van der Waals surface area contributed by atoms with E-state index in [0.29, 0.717) is 5.92 Å². The molecule has 3 nitrogen and oxygen atoms in total. The molecule has 0 saturated carbocycles. The van der Waals surface area contributed by atoms with Gasteiger partial charge in [0, 0.05) is 28.7 Å². The molecule has 0 aliphatic carbocycles. The molecule has 1 unspecified atom stereocenters. The summed E-state index contributed by atoms with van der Waals surface area (Å²) in [5.41, 5.74) is 6.02. The summed E-state index contributed by atoms with van der Waals surface area (Å²) >= 11 is 1.81. The summed E-state index contributed by atoms with van der Waals surface area (Å²) in [6, 6.07) is 23.3. The average Bonchev–Trinajstić information content (AvgIpc) is 3.25. The molecule has 0 amide bonds. The highest BCUT2D eigenvalue weighted by Crippen LogP contribution is 2.39. The molecule has 1 atom stereocenters. The van der Waals surface area contributed by atoms with Gasteiger partial charge in [0.25, 0.3) is 0 Å². The molecule has 0 radical (unpaired) electrons. The van der Waals surface area contributed by atoms with Crippen LogP contribution >= 0.6 is 11.3 Å². The summed E-state index contributed by atoms with van der Waals surface area (Å²) in [6.07, 6.45) is 3.94. The molecular formula is C27H29N3S. The Labute approximate surface area is 189 Å². The van der Waals surface area contributed by atoms with E-state index in [1.807, 2.05) is 17.5 Å². The maximum atomic E-state index is 5.09. The lowest BCUT2D eigenvalue weighted by molar-refractivity contribution is 0.748. The van der Waals surface area contributed by atoms with Crippen LogP contribution in [-0.4, -0.2) is 16.5 Å². The molecular weight excluding hydrogens is 398 g/mol. The van der Waals surface area contributed by atoms with Gasteiger partial charge in [-0.25, -0.2) is 9.97 Å². The van der Waals surface area contributed by atoms with Crippen molar-refractivity contribution < 1.29 is 0 Å². The van der Waals surface area contributed by atoms with Gasteiger partial charge in [-0.05, 0) is 49.4 Å². The fourth-order valence-corrected chi connectivity index (χ4v) is 4.83. The minimum atomic E-state index is 0.479. The summed E-state index contributed by atoms with van der Waals surface area (Å²) in [5.74, 6) is 1.37. The summed E-state index contributed by atoms with van der Waals surface area (Å²) in [4.78, 5) is 11.0. The first-order valence-electron chi connectivity index (χ1n) is 11.0. The lowest BCUT2D eigenvalue weighted by atomic mass is 10.0. The van der Waals surface area contributed by atoms with Gasteiger partial charge in [-0.15, -0.1) is 11.3 Å². The van der Waals surface area contributed by atoms with Crippen molar-refractivity contribution in [3.8, 4) is 21.8 Å². The van der Waals surface area contributed by atoms with Crippen molar-refractivity contribution in [3.05, 3.63) is 88.9 Å². The van der Waals surface area contributed by atoms with Crippen LogP contribution < -0.4 is 5.32 Å². The zero-order chi connectivity index (χ0) is 21.6. The third kappa shape index (κ3) is 5.20. The third-order valence-corrected chi connectivity index (χ3v) is 6.91. The summed E-state index contributed by atoms with van der Waals surface area (Å²) in [5, 5.41) is 4.52. The second kappa shape index (κ2) is 9.88. The highest BCUT2D eigenvalue weighted by molar-refractivity contribution is 7.15. The van der Waals surface area contributed by atoms with E-state index < -0.39 is 0 Å². The Morgan fingerprint density at radius 3 is 2.58 bits per heavy atom. The van der Waals surface area contributed by atoms with Crippen LogP contribution in [0.4, 0.5) is 5.82 Å². The topological polar surface area (TPSA) is 37.8 Å². The molecule has 2 aromatic heterocycles. The molecule has 0 aliphatic heterocycles. The second-order valence-corrected chi connectivity index (χ2v) is 9.03. The Hall–Kier alpha value is -2.98. The average molecular weight is 428 g/mol. The van der Waals surface area contributed by atoms with Gasteiger partial charge in [-0.1, -0.05) is 67.9 Å². The number of aryl methyl sites for hydroxylation is 1. The Morgan fingerprint density at radius 1 is 0.968 bits per heavy atom. The SMILES string of the molecule is CCC(C)c1sc(-c2ccnc(NCCc3ccccc3)c2)nc1-c1cccc(C)c1. The first kappa shape index (κ1) is 21.3. The smallest absolute Gasteiger partial charge is 0.126 e. The Bertz CT molecular complexity index is 1130. The predicted molar refractivity (Wildman–Crippen MR) is 133 cm³/mol. The van der Waals surface area contributed by atoms with Crippen molar-refractivity contribution >= 4 is 17.2 Å². The second-order valence-electron chi connectivity index (χ2n) is 8.00. The van der Waals surface area contributed by atoms with Gasteiger partial charge in [0.05, 0.1) is 5.69 Å². The van der Waals surface area contributed by atoms with E-state index in [-0.39, 0.29) is 0 Å². The molecule has 31 heavy (non-hydrogen) atoms. The van der Waals surface area contributed by atoms with Crippen molar-refractivity contribution in [1.82, 2.24) is 9.97 Å². The first-order chi connectivity index (χ1) is 15.1. The van der Waals surface area contributed by atoms with Crippen LogP contribution in [0.3, 0.4) is 0 Å². The molecule has 0 saturated heterocycles. The van der Waals surface area contributed by atoms with Crippen LogP contribution in [0.1, 0.15) is 42.2 Å². The highest BCUT2D eigenvalue weighted by atomic mass is 32.1. The molecule has 4 heteroatoms. The van der Waals surface area contributed by atoms with E-state index in [4.69, 9.17) is 4.98 Å². The number of benzene rings is 2. The fraction of sp³-hybridized carbons (Fsp3) is 0.259. The molecule has 0 spiro atoms. The normalized spacial score (nSPS) is 12.0. The minimum absolute atomic E-state index is 0.479. The van der Waals surface area contributed by atoms with Crippen LogP contribution in [0.5, 0.6) is 0 Å². The molecule has 4 rings (SSSR count). The van der Waals surface area contributed by atoms with Gasteiger partial charge in [-0.3, -0.25) is 0 Å². The van der Waals surface area contributed by atoms with E-state index in [2.05, 4.69) is 97.8 Å². The van der Waals surface area contributed by atoms with Gasteiger partial charge in [0.2, 0.25) is 0 Å². The van der Waals surface area contributed by atoms with Crippen molar-refractivity contribution in [2.45, 2.75) is 39.5 Å². The van der Waals surface area contributed by atoms with E-state index >= 15 is 0 Å². The number of nitrogens with zero attached hydrogens (tertiary/aromatic N) is 2. The number of anilines is 1. The van der Waals surface area contributed by atoms with Crippen LogP contribution in [0, 0.1) is 6.92 Å². The Morgan fingerprint density at radius 2 is 1.81 bits per heavy atom. The van der Waals surface area contributed by atoms with Gasteiger partial charge in [0.1, 0.15) is 10.8 Å². The van der Waals surface area contributed by atoms with Crippen LogP contribution in [0.2, 0.25) is 0 Å². The monoisotopic (exact) mass is 427 g/mol. The maximum absolute atomic E-state index is 5.09. The molecule has 1 N–H and O–H groups in total. The van der Waals surface area contributed by atoms with Gasteiger partial charge >= 0.3 is 0 Å². The number of rotatable bonds is 8. The fourth-order valence-electron chi connectivity index (χ4n) is 3.61. The minimum Gasteiger partial charge on any atom is -0.370 e. The molecule has 4 aromatic rings. The molecule has 0 fully saturated rings. The highest BCUT2D eigenvalue weighted by Gasteiger charge is 2.18. The largest absolute Gasteiger partial charge is 0.370 e. The quantitative estimate of drug-likeness (QED) is 0.319. The van der Waals surface area contributed by atoms with Crippen molar-refractivity contribution in [2.24, 2.45) is 0 Å². The number of pyridine rings is 1. The summed E-state index contributed by atoms with van der Waals surface area (Å²) < 4.78 is 0.